The van der Waals surface area contributed by atoms with Gasteiger partial charge in [0.05, 0.1) is 11.6 Å². The van der Waals surface area contributed by atoms with Gasteiger partial charge in [0.1, 0.15) is 10.6 Å². The van der Waals surface area contributed by atoms with Crippen molar-refractivity contribution >= 4 is 27.5 Å². The average Bonchev–Trinajstić information content (AvgIpc) is 2.63. The average molecular weight is 411 g/mol. The molecule has 0 bridgehead atoms. The molecule has 0 N–H and O–H groups in total. The van der Waals surface area contributed by atoms with E-state index in [0.717, 1.165) is 15.6 Å². The number of hydrogen-bond acceptors (Lipinski definition) is 4. The summed E-state index contributed by atoms with van der Waals surface area (Å²) in [5.74, 6) is 0.474. The molecule has 27 heavy (non-hydrogen) atoms. The molecule has 0 spiro atoms. The summed E-state index contributed by atoms with van der Waals surface area (Å²) in [5, 5.41) is 0.0782. The Kier molecular flexibility index (Phi) is 6.86. The number of hydrogen-bond donors (Lipinski definition) is 0. The minimum atomic E-state index is -3.74. The molecule has 6 nitrogen and oxygen atoms in total. The molecular weight excluding hydrogens is 388 g/mol. The maximum Gasteiger partial charge on any atom is 0.253 e. The van der Waals surface area contributed by atoms with Gasteiger partial charge in [-0.25, -0.2) is 12.7 Å². The molecule has 0 saturated heterocycles. The van der Waals surface area contributed by atoms with Crippen LogP contribution in [-0.4, -0.2) is 51.3 Å². The monoisotopic (exact) mass is 410 g/mol. The van der Waals surface area contributed by atoms with Gasteiger partial charge in [-0.3, -0.25) is 4.79 Å². The number of halogens is 1. The Morgan fingerprint density at radius 1 is 1.07 bits per heavy atom. The van der Waals surface area contributed by atoms with Gasteiger partial charge < -0.3 is 9.64 Å². The lowest BCUT2D eigenvalue weighted by Crippen LogP contribution is -2.27. The van der Waals surface area contributed by atoms with Crippen LogP contribution in [-0.2, 0) is 16.6 Å². The van der Waals surface area contributed by atoms with Crippen LogP contribution >= 0.6 is 11.6 Å². The van der Waals surface area contributed by atoms with Crippen molar-refractivity contribution in [3.05, 3.63) is 58.6 Å². The van der Waals surface area contributed by atoms with Gasteiger partial charge in [0.25, 0.3) is 5.91 Å². The molecular formula is C19H23ClN2O4S. The van der Waals surface area contributed by atoms with Crippen molar-refractivity contribution < 1.29 is 17.9 Å². The second-order valence-corrected chi connectivity index (χ2v) is 8.70. The van der Waals surface area contributed by atoms with Crippen LogP contribution in [0.15, 0.2) is 47.4 Å². The van der Waals surface area contributed by atoms with E-state index >= 15 is 0 Å². The predicted molar refractivity (Wildman–Crippen MR) is 106 cm³/mol. The number of carbonyl (C=O) groups excluding carboxylic acids is 1. The highest BCUT2D eigenvalue weighted by Gasteiger charge is 2.23. The molecule has 0 aromatic heterocycles. The molecule has 0 aliphatic heterocycles. The van der Waals surface area contributed by atoms with Crippen molar-refractivity contribution in [2.45, 2.75) is 18.4 Å². The molecule has 2 aromatic carbocycles. The largest absolute Gasteiger partial charge is 0.494 e. The first-order valence-corrected chi connectivity index (χ1v) is 10.2. The first-order valence-electron chi connectivity index (χ1n) is 8.36. The Morgan fingerprint density at radius 3 is 2.26 bits per heavy atom. The minimum Gasteiger partial charge on any atom is -0.494 e. The number of carbonyl (C=O) groups is 1. The topological polar surface area (TPSA) is 66.9 Å². The third-order valence-corrected chi connectivity index (χ3v) is 6.23. The van der Waals surface area contributed by atoms with Gasteiger partial charge in [-0.2, -0.15) is 0 Å². The molecule has 0 fully saturated rings. The Balaban J connectivity index is 2.21. The number of ether oxygens (including phenoxy) is 1. The Hall–Kier alpha value is -2.09. The molecule has 1 amide bonds. The smallest absolute Gasteiger partial charge is 0.253 e. The van der Waals surface area contributed by atoms with Crippen LogP contribution in [0.5, 0.6) is 5.75 Å². The van der Waals surface area contributed by atoms with Crippen LogP contribution in [0.2, 0.25) is 5.02 Å². The molecule has 8 heteroatoms. The van der Waals surface area contributed by atoms with Gasteiger partial charge in [-0.1, -0.05) is 23.7 Å². The maximum atomic E-state index is 12.7. The Labute approximate surface area is 165 Å². The van der Waals surface area contributed by atoms with Gasteiger partial charge in [-0.15, -0.1) is 0 Å². The van der Waals surface area contributed by atoms with E-state index in [-0.39, 0.29) is 21.4 Å². The molecule has 0 aliphatic carbocycles. The first kappa shape index (κ1) is 21.2. The highest BCUT2D eigenvalue weighted by atomic mass is 35.5. The molecule has 2 aromatic rings. The van der Waals surface area contributed by atoms with E-state index in [2.05, 4.69) is 0 Å². The zero-order valence-corrected chi connectivity index (χ0v) is 17.3. The van der Waals surface area contributed by atoms with Crippen LogP contribution in [0.1, 0.15) is 22.8 Å². The standard InChI is InChI=1S/C19H23ClN2O4S/c1-5-26-16-9-6-14(7-10-16)13-22(4)19(23)15-8-11-17(20)18(12-15)27(24,25)21(2)3/h6-12H,5,13H2,1-4H3. The van der Waals surface area contributed by atoms with Crippen molar-refractivity contribution in [1.29, 1.82) is 0 Å². The predicted octanol–water partition coefficient (Wildman–Crippen LogP) is 3.26. The second kappa shape index (κ2) is 8.73. The third kappa shape index (κ3) is 5.00. The van der Waals surface area contributed by atoms with E-state index in [1.54, 1.807) is 7.05 Å². The zero-order chi connectivity index (χ0) is 20.2. The summed E-state index contributed by atoms with van der Waals surface area (Å²) in [7, 11) is 0.748. The summed E-state index contributed by atoms with van der Waals surface area (Å²) in [6, 6.07) is 11.7. The highest BCUT2D eigenvalue weighted by molar-refractivity contribution is 7.89. The van der Waals surface area contributed by atoms with E-state index < -0.39 is 10.0 Å². The maximum absolute atomic E-state index is 12.7. The van der Waals surface area contributed by atoms with Gasteiger partial charge in [0.2, 0.25) is 10.0 Å². The second-order valence-electron chi connectivity index (χ2n) is 6.17. The van der Waals surface area contributed by atoms with Crippen LogP contribution in [0.4, 0.5) is 0 Å². The van der Waals surface area contributed by atoms with Crippen molar-refractivity contribution in [2.75, 3.05) is 27.7 Å². The number of amides is 1. The van der Waals surface area contributed by atoms with Crippen LogP contribution in [0.3, 0.4) is 0 Å². The van der Waals surface area contributed by atoms with Crippen LogP contribution < -0.4 is 4.74 Å². The van der Waals surface area contributed by atoms with Gasteiger partial charge in [-0.05, 0) is 42.8 Å². The fourth-order valence-corrected chi connectivity index (χ4v) is 3.85. The molecule has 0 unspecified atom stereocenters. The number of benzene rings is 2. The quantitative estimate of drug-likeness (QED) is 0.702. The van der Waals surface area contributed by atoms with Crippen molar-refractivity contribution in [3.63, 3.8) is 0 Å². The van der Waals surface area contributed by atoms with E-state index in [0.29, 0.717) is 13.2 Å². The lowest BCUT2D eigenvalue weighted by Gasteiger charge is -2.19. The summed E-state index contributed by atoms with van der Waals surface area (Å²) >= 11 is 6.04. The summed E-state index contributed by atoms with van der Waals surface area (Å²) in [6.07, 6.45) is 0. The highest BCUT2D eigenvalue weighted by Crippen LogP contribution is 2.25. The molecule has 0 aliphatic rings. The third-order valence-electron chi connectivity index (χ3n) is 3.94. The summed E-state index contributed by atoms with van der Waals surface area (Å²) in [5.41, 5.74) is 1.19. The van der Waals surface area contributed by atoms with Gasteiger partial charge >= 0.3 is 0 Å². The summed E-state index contributed by atoms with van der Waals surface area (Å²) in [6.45, 7) is 2.88. The number of sulfonamides is 1. The fraction of sp³-hybridized carbons (Fsp3) is 0.316. The molecule has 0 radical (unpaired) electrons. The fourth-order valence-electron chi connectivity index (χ4n) is 2.45. The van der Waals surface area contributed by atoms with Gasteiger partial charge in [0, 0.05) is 33.3 Å². The number of nitrogens with zero attached hydrogens (tertiary/aromatic N) is 2. The lowest BCUT2D eigenvalue weighted by atomic mass is 10.1. The molecule has 2 rings (SSSR count). The summed E-state index contributed by atoms with van der Waals surface area (Å²) in [4.78, 5) is 14.2. The normalized spacial score (nSPS) is 11.5. The Morgan fingerprint density at radius 2 is 1.70 bits per heavy atom. The molecule has 146 valence electrons. The van der Waals surface area contributed by atoms with Crippen molar-refractivity contribution in [3.8, 4) is 5.75 Å². The molecule has 0 heterocycles. The summed E-state index contributed by atoms with van der Waals surface area (Å²) < 4.78 is 31.2. The molecule has 0 atom stereocenters. The van der Waals surface area contributed by atoms with E-state index in [1.807, 2.05) is 31.2 Å². The van der Waals surface area contributed by atoms with Crippen LogP contribution in [0, 0.1) is 0 Å². The zero-order valence-electron chi connectivity index (χ0n) is 15.8. The van der Waals surface area contributed by atoms with E-state index in [4.69, 9.17) is 16.3 Å². The van der Waals surface area contributed by atoms with Crippen molar-refractivity contribution in [1.82, 2.24) is 9.21 Å². The Bertz CT molecular complexity index is 912. The van der Waals surface area contributed by atoms with Crippen molar-refractivity contribution in [2.24, 2.45) is 0 Å². The lowest BCUT2D eigenvalue weighted by molar-refractivity contribution is 0.0785. The first-order chi connectivity index (χ1) is 12.7. The number of rotatable bonds is 7. The SMILES string of the molecule is CCOc1ccc(CN(C)C(=O)c2ccc(Cl)c(S(=O)(=O)N(C)C)c2)cc1. The molecule has 0 saturated carbocycles. The van der Waals surface area contributed by atoms with Gasteiger partial charge in [0.15, 0.2) is 0 Å². The van der Waals surface area contributed by atoms with E-state index in [1.165, 1.54) is 37.2 Å². The van der Waals surface area contributed by atoms with Crippen LogP contribution in [0.25, 0.3) is 0 Å². The van der Waals surface area contributed by atoms with E-state index in [9.17, 15) is 13.2 Å². The minimum absolute atomic E-state index is 0.0782.